The number of aliphatic hydroxyl groups is 1. The molecule has 0 saturated carbocycles. The van der Waals surface area contributed by atoms with Gasteiger partial charge >= 0.3 is 0 Å². The number of amides is 1. The van der Waals surface area contributed by atoms with Gasteiger partial charge in [-0.05, 0) is 38.2 Å². The van der Waals surface area contributed by atoms with E-state index in [1.54, 1.807) is 11.3 Å². The van der Waals surface area contributed by atoms with Gasteiger partial charge in [0, 0.05) is 17.8 Å². The van der Waals surface area contributed by atoms with E-state index in [2.05, 4.69) is 9.97 Å². The summed E-state index contributed by atoms with van der Waals surface area (Å²) in [7, 11) is 0. The molecule has 1 aliphatic carbocycles. The highest BCUT2D eigenvalue weighted by Gasteiger charge is 2.42. The molecule has 0 radical (unpaired) electrons. The normalized spacial score (nSPS) is 24.2. The molecule has 1 atom stereocenters. The van der Waals surface area contributed by atoms with Crippen molar-refractivity contribution < 1.29 is 9.90 Å². The van der Waals surface area contributed by atoms with Gasteiger partial charge in [0.15, 0.2) is 5.60 Å². The third-order valence-corrected chi connectivity index (χ3v) is 6.10. The van der Waals surface area contributed by atoms with Crippen LogP contribution in [0.25, 0.3) is 10.2 Å². The van der Waals surface area contributed by atoms with Crippen LogP contribution in [-0.2, 0) is 17.6 Å². The zero-order valence-electron chi connectivity index (χ0n) is 13.1. The van der Waals surface area contributed by atoms with Crippen LogP contribution in [0, 0.1) is 6.92 Å². The molecule has 3 N–H and O–H groups in total. The van der Waals surface area contributed by atoms with E-state index in [-0.39, 0.29) is 6.54 Å². The van der Waals surface area contributed by atoms with Crippen molar-refractivity contribution >= 4 is 33.3 Å². The first-order valence-corrected chi connectivity index (χ1v) is 8.86. The van der Waals surface area contributed by atoms with Gasteiger partial charge in [0.25, 0.3) is 5.91 Å². The van der Waals surface area contributed by atoms with Crippen LogP contribution in [0.15, 0.2) is 0 Å². The standard InChI is InChI=1S/C16H20N4O2S/c1-9-18-13(20-7-6-16(22,8-20)15(17)21)12-10-4-2-3-5-11(10)23-14(12)19-9/h22H,2-8H2,1H3,(H2,17,21). The fourth-order valence-corrected chi connectivity index (χ4v) is 4.95. The number of carbonyl (C=O) groups is 1. The Morgan fingerprint density at radius 1 is 1.35 bits per heavy atom. The highest BCUT2D eigenvalue weighted by molar-refractivity contribution is 7.19. The van der Waals surface area contributed by atoms with Crippen LogP contribution in [0.1, 0.15) is 35.5 Å². The van der Waals surface area contributed by atoms with E-state index >= 15 is 0 Å². The molecular formula is C16H20N4O2S. The quantitative estimate of drug-likeness (QED) is 0.865. The summed E-state index contributed by atoms with van der Waals surface area (Å²) in [5.74, 6) is 0.916. The molecule has 0 spiro atoms. The average molecular weight is 332 g/mol. The number of nitrogens with two attached hydrogens (primary N) is 1. The lowest BCUT2D eigenvalue weighted by Gasteiger charge is -2.22. The van der Waals surface area contributed by atoms with E-state index in [4.69, 9.17) is 5.73 Å². The van der Waals surface area contributed by atoms with E-state index < -0.39 is 11.5 Å². The van der Waals surface area contributed by atoms with Gasteiger partial charge in [0.05, 0.1) is 11.9 Å². The van der Waals surface area contributed by atoms with E-state index in [9.17, 15) is 9.90 Å². The summed E-state index contributed by atoms with van der Waals surface area (Å²) in [5.41, 5.74) is 5.26. The lowest BCUT2D eigenvalue weighted by molar-refractivity contribution is -0.134. The molecule has 1 aliphatic heterocycles. The Balaban J connectivity index is 1.84. The van der Waals surface area contributed by atoms with Gasteiger partial charge in [-0.25, -0.2) is 9.97 Å². The minimum absolute atomic E-state index is 0.207. The minimum Gasteiger partial charge on any atom is -0.378 e. The fourth-order valence-electron chi connectivity index (χ4n) is 3.65. The van der Waals surface area contributed by atoms with Crippen LogP contribution in [-0.4, -0.2) is 39.7 Å². The van der Waals surface area contributed by atoms with Gasteiger partial charge in [-0.2, -0.15) is 0 Å². The second kappa shape index (κ2) is 5.14. The van der Waals surface area contributed by atoms with Gasteiger partial charge in [-0.3, -0.25) is 4.79 Å². The topological polar surface area (TPSA) is 92.3 Å². The predicted octanol–water partition coefficient (Wildman–Crippen LogP) is 1.31. The zero-order chi connectivity index (χ0) is 16.2. The molecular weight excluding hydrogens is 312 g/mol. The highest BCUT2D eigenvalue weighted by atomic mass is 32.1. The van der Waals surface area contributed by atoms with Crippen molar-refractivity contribution in [3.8, 4) is 0 Å². The number of hydrogen-bond acceptors (Lipinski definition) is 6. The average Bonchev–Trinajstić information content (AvgIpc) is 3.08. The van der Waals surface area contributed by atoms with Crippen molar-refractivity contribution in [3.05, 3.63) is 16.3 Å². The van der Waals surface area contributed by atoms with Crippen LogP contribution in [0.2, 0.25) is 0 Å². The molecule has 7 heteroatoms. The van der Waals surface area contributed by atoms with Gasteiger partial charge in [0.2, 0.25) is 0 Å². The molecule has 4 rings (SSSR count). The van der Waals surface area contributed by atoms with Crippen LogP contribution in [0.3, 0.4) is 0 Å². The van der Waals surface area contributed by atoms with Crippen LogP contribution in [0.4, 0.5) is 5.82 Å². The maximum Gasteiger partial charge on any atom is 0.251 e. The molecule has 6 nitrogen and oxygen atoms in total. The number of fused-ring (bicyclic) bond motifs is 3. The smallest absolute Gasteiger partial charge is 0.251 e. The second-order valence-electron chi connectivity index (χ2n) is 6.55. The van der Waals surface area contributed by atoms with Gasteiger partial charge in [-0.1, -0.05) is 0 Å². The van der Waals surface area contributed by atoms with Crippen molar-refractivity contribution in [1.29, 1.82) is 0 Å². The number of aromatic nitrogens is 2. The monoisotopic (exact) mass is 332 g/mol. The van der Waals surface area contributed by atoms with Crippen LogP contribution < -0.4 is 10.6 Å². The molecule has 1 unspecified atom stereocenters. The predicted molar refractivity (Wildman–Crippen MR) is 89.8 cm³/mol. The molecule has 2 aromatic heterocycles. The Kier molecular flexibility index (Phi) is 3.32. The number of aryl methyl sites for hydroxylation is 3. The first kappa shape index (κ1) is 14.8. The lowest BCUT2D eigenvalue weighted by atomic mass is 9.97. The number of nitrogens with zero attached hydrogens (tertiary/aromatic N) is 3. The van der Waals surface area contributed by atoms with Crippen molar-refractivity contribution in [1.82, 2.24) is 9.97 Å². The minimum atomic E-state index is -1.46. The third kappa shape index (κ3) is 2.30. The summed E-state index contributed by atoms with van der Waals surface area (Å²) in [6.45, 7) is 2.67. The van der Waals surface area contributed by atoms with Crippen LogP contribution >= 0.6 is 11.3 Å². The fraction of sp³-hybridized carbons (Fsp3) is 0.562. The Bertz CT molecular complexity index is 803. The molecule has 1 fully saturated rings. The van der Waals surface area contributed by atoms with Gasteiger partial charge in [0.1, 0.15) is 16.5 Å². The second-order valence-corrected chi connectivity index (χ2v) is 7.64. The zero-order valence-corrected chi connectivity index (χ0v) is 13.9. The number of carbonyl (C=O) groups excluding carboxylic acids is 1. The summed E-state index contributed by atoms with van der Waals surface area (Å²) in [6.07, 6.45) is 4.94. The number of anilines is 1. The lowest BCUT2D eigenvalue weighted by Crippen LogP contribution is -2.46. The van der Waals surface area contributed by atoms with Crippen molar-refractivity contribution in [2.75, 3.05) is 18.0 Å². The maximum absolute atomic E-state index is 11.5. The number of hydrogen-bond donors (Lipinski definition) is 2. The van der Waals surface area contributed by atoms with E-state index in [1.807, 2.05) is 11.8 Å². The summed E-state index contributed by atoms with van der Waals surface area (Å²) < 4.78 is 0. The van der Waals surface area contributed by atoms with E-state index in [0.29, 0.717) is 13.0 Å². The first-order valence-electron chi connectivity index (χ1n) is 8.04. The summed E-state index contributed by atoms with van der Waals surface area (Å²) >= 11 is 1.76. The van der Waals surface area contributed by atoms with Crippen molar-refractivity contribution in [2.45, 2.75) is 44.6 Å². The molecule has 1 amide bonds. The molecule has 0 aromatic carbocycles. The van der Waals surface area contributed by atoms with Crippen molar-refractivity contribution in [2.24, 2.45) is 5.73 Å². The molecule has 0 bridgehead atoms. The largest absolute Gasteiger partial charge is 0.378 e. The number of primary amides is 1. The molecule has 23 heavy (non-hydrogen) atoms. The highest BCUT2D eigenvalue weighted by Crippen LogP contribution is 2.41. The molecule has 1 saturated heterocycles. The Morgan fingerprint density at radius 3 is 2.87 bits per heavy atom. The van der Waals surface area contributed by atoms with Gasteiger partial charge < -0.3 is 15.7 Å². The number of rotatable bonds is 2. The Labute approximate surface area is 138 Å². The molecule has 122 valence electrons. The Morgan fingerprint density at radius 2 is 2.13 bits per heavy atom. The van der Waals surface area contributed by atoms with E-state index in [1.165, 1.54) is 23.3 Å². The van der Waals surface area contributed by atoms with Gasteiger partial charge in [-0.15, -0.1) is 11.3 Å². The third-order valence-electron chi connectivity index (χ3n) is 4.91. The summed E-state index contributed by atoms with van der Waals surface area (Å²) in [5, 5.41) is 11.5. The summed E-state index contributed by atoms with van der Waals surface area (Å²) in [4.78, 5) is 25.2. The van der Waals surface area contributed by atoms with Crippen molar-refractivity contribution in [3.63, 3.8) is 0 Å². The molecule has 2 aliphatic rings. The summed E-state index contributed by atoms with van der Waals surface area (Å²) in [6, 6.07) is 0. The van der Waals surface area contributed by atoms with Crippen LogP contribution in [0.5, 0.6) is 0 Å². The number of thiophene rings is 1. The molecule has 2 aromatic rings. The Hall–Kier alpha value is -1.73. The van der Waals surface area contributed by atoms with E-state index in [0.717, 1.165) is 34.7 Å². The maximum atomic E-state index is 11.5. The number of β-amino-alcohol motifs (C(OH)–C–C–N with tert-alkyl or cyclic N) is 1. The SMILES string of the molecule is Cc1nc(N2CCC(O)(C(N)=O)C2)c2c3c(sc2n1)CCCC3. The first-order chi connectivity index (χ1) is 11.0. The molecule has 3 heterocycles.